The van der Waals surface area contributed by atoms with Gasteiger partial charge in [0.25, 0.3) is 5.91 Å². The largest absolute Gasteiger partial charge is 0.410 e. The molecule has 0 aliphatic carbocycles. The van der Waals surface area contributed by atoms with Gasteiger partial charge in [-0.15, -0.1) is 0 Å². The van der Waals surface area contributed by atoms with Crippen LogP contribution in [-0.2, 0) is 0 Å². The molecule has 2 aliphatic rings. The number of rotatable bonds is 5. The highest BCUT2D eigenvalue weighted by molar-refractivity contribution is 9.10. The van der Waals surface area contributed by atoms with Gasteiger partial charge in [0.05, 0.1) is 12.1 Å². The number of amides is 1. The van der Waals surface area contributed by atoms with Crippen LogP contribution in [0.25, 0.3) is 0 Å². The maximum absolute atomic E-state index is 14.1. The summed E-state index contributed by atoms with van der Waals surface area (Å²) in [6.45, 7) is 2.16. The van der Waals surface area contributed by atoms with Crippen molar-refractivity contribution in [2.45, 2.75) is 30.7 Å². The van der Waals surface area contributed by atoms with Crippen molar-refractivity contribution in [3.8, 4) is 0 Å². The summed E-state index contributed by atoms with van der Waals surface area (Å²) >= 11 is 3.37. The van der Waals surface area contributed by atoms with E-state index in [1.54, 1.807) is 29.2 Å². The minimum atomic E-state index is -4.51. The molecule has 2 atom stereocenters. The molecular formula is C31H29BrF3N5O. The van der Waals surface area contributed by atoms with Gasteiger partial charge in [-0.1, -0.05) is 88.7 Å². The third-order valence-electron chi connectivity index (χ3n) is 7.88. The molecule has 0 saturated carbocycles. The van der Waals surface area contributed by atoms with E-state index >= 15 is 0 Å². The molecule has 6 rings (SSSR count). The molecule has 41 heavy (non-hydrogen) atoms. The molecule has 10 heteroatoms. The van der Waals surface area contributed by atoms with Crippen LogP contribution in [0.2, 0.25) is 0 Å². The molecule has 1 saturated heterocycles. The maximum atomic E-state index is 14.1. The van der Waals surface area contributed by atoms with E-state index in [1.165, 1.54) is 17.2 Å². The number of hydrogen-bond donors (Lipinski definition) is 1. The average molecular weight is 625 g/mol. The molecule has 6 nitrogen and oxygen atoms in total. The van der Waals surface area contributed by atoms with Crippen LogP contribution in [0.15, 0.2) is 95.5 Å². The standard InChI is InChI=1S/C31H29BrF3N5O/c32-24-13-11-21(12-14-24)25-19-27(31(33,34)35)40-28(36-25)20-26(37-40)30(41)39-17-15-38(16-18-39)29(22-7-3-1-4-8-22)23-9-5-2-6-10-23/h1-14,20,25,27,29,36H,15-19H2. The Morgan fingerprint density at radius 2 is 1.46 bits per heavy atom. The van der Waals surface area contributed by atoms with Crippen LogP contribution in [0.4, 0.5) is 19.0 Å². The van der Waals surface area contributed by atoms with Crippen LogP contribution in [0.5, 0.6) is 0 Å². The van der Waals surface area contributed by atoms with Crippen LogP contribution >= 0.6 is 15.9 Å². The van der Waals surface area contributed by atoms with Crippen molar-refractivity contribution in [2.75, 3.05) is 31.5 Å². The number of anilines is 1. The zero-order chi connectivity index (χ0) is 28.6. The monoisotopic (exact) mass is 623 g/mol. The zero-order valence-electron chi connectivity index (χ0n) is 22.1. The number of piperazine rings is 1. The van der Waals surface area contributed by atoms with Gasteiger partial charge in [0.1, 0.15) is 5.82 Å². The van der Waals surface area contributed by atoms with E-state index in [9.17, 15) is 18.0 Å². The number of fused-ring (bicyclic) bond motifs is 1. The molecule has 1 N–H and O–H groups in total. The first-order valence-corrected chi connectivity index (χ1v) is 14.4. The summed E-state index contributed by atoms with van der Waals surface area (Å²) < 4.78 is 44.2. The Bertz CT molecular complexity index is 1450. The number of nitrogens with zero attached hydrogens (tertiary/aromatic N) is 4. The lowest BCUT2D eigenvalue weighted by Gasteiger charge is -2.39. The van der Waals surface area contributed by atoms with Crippen LogP contribution < -0.4 is 5.32 Å². The number of carbonyl (C=O) groups excluding carboxylic acids is 1. The Labute approximate surface area is 244 Å². The lowest BCUT2D eigenvalue weighted by molar-refractivity contribution is -0.173. The molecule has 4 aromatic rings. The molecule has 0 radical (unpaired) electrons. The van der Waals surface area contributed by atoms with E-state index in [0.29, 0.717) is 26.2 Å². The summed E-state index contributed by atoms with van der Waals surface area (Å²) in [6, 6.07) is 26.8. The van der Waals surface area contributed by atoms with Gasteiger partial charge in [-0.3, -0.25) is 9.69 Å². The van der Waals surface area contributed by atoms with E-state index in [0.717, 1.165) is 14.7 Å². The van der Waals surface area contributed by atoms with Gasteiger partial charge in [0.2, 0.25) is 0 Å². The highest BCUT2D eigenvalue weighted by atomic mass is 79.9. The molecule has 3 aromatic carbocycles. The first-order chi connectivity index (χ1) is 19.8. The van der Waals surface area contributed by atoms with Crippen molar-refractivity contribution in [1.29, 1.82) is 0 Å². The number of aromatic nitrogens is 2. The van der Waals surface area contributed by atoms with Crippen LogP contribution in [0.3, 0.4) is 0 Å². The Morgan fingerprint density at radius 3 is 2.02 bits per heavy atom. The lowest BCUT2D eigenvalue weighted by atomic mass is 9.96. The second-order valence-corrected chi connectivity index (χ2v) is 11.4. The van der Waals surface area contributed by atoms with Gasteiger partial charge < -0.3 is 10.2 Å². The minimum absolute atomic E-state index is 0.0225. The summed E-state index contributed by atoms with van der Waals surface area (Å²) in [5, 5.41) is 7.36. The van der Waals surface area contributed by atoms with Crippen LogP contribution in [0.1, 0.15) is 51.7 Å². The highest BCUT2D eigenvalue weighted by Crippen LogP contribution is 2.44. The first kappa shape index (κ1) is 27.5. The van der Waals surface area contributed by atoms with Crippen molar-refractivity contribution in [2.24, 2.45) is 0 Å². The van der Waals surface area contributed by atoms with E-state index in [-0.39, 0.29) is 29.9 Å². The Hall–Kier alpha value is -3.63. The van der Waals surface area contributed by atoms with Gasteiger partial charge in [0.15, 0.2) is 11.7 Å². The SMILES string of the molecule is O=C(c1cc2n(n1)C(C(F)(F)F)CC(c1ccc(Br)cc1)N2)N1CCN(C(c2ccccc2)c2ccccc2)CC1. The Morgan fingerprint density at radius 1 is 0.878 bits per heavy atom. The van der Waals surface area contributed by atoms with E-state index in [1.807, 2.05) is 36.4 Å². The fraction of sp³-hybridized carbons (Fsp3) is 0.290. The predicted octanol–water partition coefficient (Wildman–Crippen LogP) is 6.85. The van der Waals surface area contributed by atoms with Crippen molar-refractivity contribution in [3.63, 3.8) is 0 Å². The molecule has 2 aliphatic heterocycles. The number of hydrogen-bond acceptors (Lipinski definition) is 4. The summed E-state index contributed by atoms with van der Waals surface area (Å²) in [6.07, 6.45) is -4.72. The highest BCUT2D eigenvalue weighted by Gasteiger charge is 2.47. The molecule has 212 valence electrons. The van der Waals surface area contributed by atoms with Crippen LogP contribution in [-0.4, -0.2) is 57.8 Å². The molecule has 0 bridgehead atoms. The fourth-order valence-electron chi connectivity index (χ4n) is 5.82. The lowest BCUT2D eigenvalue weighted by Crippen LogP contribution is -2.50. The molecule has 3 heterocycles. The van der Waals surface area contributed by atoms with E-state index in [4.69, 9.17) is 0 Å². The smallest absolute Gasteiger partial charge is 0.363 e. The molecular weight excluding hydrogens is 595 g/mol. The van der Waals surface area contributed by atoms with Crippen LogP contribution in [0, 0.1) is 0 Å². The molecule has 1 aromatic heterocycles. The van der Waals surface area contributed by atoms with Crippen molar-refractivity contribution >= 4 is 27.7 Å². The second-order valence-electron chi connectivity index (χ2n) is 10.5. The third kappa shape index (κ3) is 5.76. The number of carbonyl (C=O) groups is 1. The van der Waals surface area contributed by atoms with Crippen molar-refractivity contribution in [1.82, 2.24) is 19.6 Å². The van der Waals surface area contributed by atoms with Crippen molar-refractivity contribution in [3.05, 3.63) is 118 Å². The number of halogens is 4. The number of alkyl halides is 3. The molecule has 1 amide bonds. The number of benzene rings is 3. The Balaban J connectivity index is 1.20. The third-order valence-corrected chi connectivity index (χ3v) is 8.41. The van der Waals surface area contributed by atoms with Crippen molar-refractivity contribution < 1.29 is 18.0 Å². The van der Waals surface area contributed by atoms with E-state index < -0.39 is 18.3 Å². The van der Waals surface area contributed by atoms with Gasteiger partial charge in [-0.2, -0.15) is 18.3 Å². The molecule has 2 unspecified atom stereocenters. The summed E-state index contributed by atoms with van der Waals surface area (Å²) in [4.78, 5) is 17.5. The van der Waals surface area contributed by atoms with E-state index in [2.05, 4.69) is 55.5 Å². The minimum Gasteiger partial charge on any atom is -0.363 e. The Kier molecular flexibility index (Phi) is 7.61. The zero-order valence-corrected chi connectivity index (χ0v) is 23.7. The summed E-state index contributed by atoms with van der Waals surface area (Å²) in [7, 11) is 0. The van der Waals surface area contributed by atoms with Gasteiger partial charge in [-0.25, -0.2) is 4.68 Å². The average Bonchev–Trinajstić information content (AvgIpc) is 3.42. The predicted molar refractivity (Wildman–Crippen MR) is 155 cm³/mol. The quantitative estimate of drug-likeness (QED) is 0.264. The summed E-state index contributed by atoms with van der Waals surface area (Å²) in [5.74, 6) is -0.160. The molecule has 1 fully saturated rings. The normalized spacial score (nSPS) is 19.6. The second kappa shape index (κ2) is 11.3. The van der Waals surface area contributed by atoms with Gasteiger partial charge >= 0.3 is 6.18 Å². The fourth-order valence-corrected chi connectivity index (χ4v) is 6.09. The van der Waals surface area contributed by atoms with Gasteiger partial charge in [0, 0.05) is 43.1 Å². The molecule has 0 spiro atoms. The maximum Gasteiger partial charge on any atom is 0.410 e. The summed E-state index contributed by atoms with van der Waals surface area (Å²) in [5.41, 5.74) is 3.11. The number of nitrogens with one attached hydrogen (secondary N) is 1. The topological polar surface area (TPSA) is 53.4 Å². The van der Waals surface area contributed by atoms with Gasteiger partial charge in [-0.05, 0) is 28.8 Å². The first-order valence-electron chi connectivity index (χ1n) is 13.6.